The van der Waals surface area contributed by atoms with Crippen LogP contribution in [0.5, 0.6) is 0 Å². The Balaban J connectivity index is 0.00000200. The van der Waals surface area contributed by atoms with Crippen LogP contribution in [0.2, 0.25) is 25.7 Å². The molecule has 0 aromatic rings. The highest BCUT2D eigenvalue weighted by Gasteiger charge is 2.28. The van der Waals surface area contributed by atoms with Crippen molar-refractivity contribution in [3.63, 3.8) is 0 Å². The lowest BCUT2D eigenvalue weighted by Gasteiger charge is -2.30. The summed E-state index contributed by atoms with van der Waals surface area (Å²) in [6.45, 7) is 8.51. The van der Waals surface area contributed by atoms with Gasteiger partial charge in [0.1, 0.15) is 6.10 Å². The molecule has 2 aliphatic rings. The van der Waals surface area contributed by atoms with Crippen molar-refractivity contribution in [2.45, 2.75) is 38.2 Å². The molecule has 20 heavy (non-hydrogen) atoms. The van der Waals surface area contributed by atoms with Crippen LogP contribution in [0.25, 0.3) is 0 Å². The first-order valence-electron chi connectivity index (χ1n) is 6.94. The molecule has 0 aromatic carbocycles. The van der Waals surface area contributed by atoms with Crippen molar-refractivity contribution in [3.8, 4) is 0 Å². The summed E-state index contributed by atoms with van der Waals surface area (Å²) in [6, 6.07) is 0.975. The van der Waals surface area contributed by atoms with Gasteiger partial charge in [0.25, 0.3) is 27.9 Å². The molecule has 10 heteroatoms. The van der Waals surface area contributed by atoms with Gasteiger partial charge < -0.3 is 33.4 Å². The van der Waals surface area contributed by atoms with Crippen molar-refractivity contribution >= 4 is 37.1 Å². The van der Waals surface area contributed by atoms with Gasteiger partial charge in [-0.25, -0.2) is 0 Å². The van der Waals surface area contributed by atoms with E-state index < -0.39 is 37.1 Å². The molecule has 0 bridgehead atoms. The van der Waals surface area contributed by atoms with Gasteiger partial charge in [0.15, 0.2) is 0 Å². The van der Waals surface area contributed by atoms with Gasteiger partial charge in [0.2, 0.25) is 0 Å². The molecule has 0 saturated carbocycles. The van der Waals surface area contributed by atoms with Gasteiger partial charge in [-0.2, -0.15) is 0 Å². The topological polar surface area (TPSA) is 58.7 Å². The Morgan fingerprint density at radius 2 is 1.55 bits per heavy atom. The molecular weight excluding hydrogens is 328 g/mol. The number of hydrogen-bond acceptors (Lipinski definition) is 6. The third-order valence-corrected chi connectivity index (χ3v) is 15.4. The van der Waals surface area contributed by atoms with Gasteiger partial charge in [0.05, 0.1) is 13.2 Å². The molecule has 0 spiro atoms. The Bertz CT molecular complexity index is 256. The minimum absolute atomic E-state index is 0. The largest absolute Gasteiger partial charge is 0.420 e. The second-order valence-corrected chi connectivity index (χ2v) is 14.0. The second-order valence-electron chi connectivity index (χ2n) is 4.85. The van der Waals surface area contributed by atoms with Gasteiger partial charge in [-0.1, -0.05) is 0 Å². The Labute approximate surface area is 129 Å². The number of rotatable bonds is 6. The maximum Gasteiger partial charge on any atom is 0.303 e. The minimum atomic E-state index is -1.61. The quantitative estimate of drug-likeness (QED) is 0.291. The van der Waals surface area contributed by atoms with Crippen molar-refractivity contribution in [1.82, 2.24) is 0 Å². The lowest BCUT2D eigenvalue weighted by molar-refractivity contribution is 0.116. The van der Waals surface area contributed by atoms with Crippen molar-refractivity contribution in [1.29, 1.82) is 0 Å². The minimum Gasteiger partial charge on any atom is -0.420 e. The maximum atomic E-state index is 6.01. The lowest BCUT2D eigenvalue weighted by Crippen LogP contribution is -2.45. The van der Waals surface area contributed by atoms with Crippen LogP contribution in [-0.2, 0) is 25.9 Å². The average Bonchev–Trinajstić information content (AvgIpc) is 3.09. The maximum absolute atomic E-state index is 6.01. The summed E-state index contributed by atoms with van der Waals surface area (Å²) in [5.41, 5.74) is 0. The Morgan fingerprint density at radius 1 is 1.00 bits per heavy atom. The van der Waals surface area contributed by atoms with E-state index in [-0.39, 0.29) is 7.43 Å². The molecule has 2 heterocycles. The summed E-state index contributed by atoms with van der Waals surface area (Å²) in [4.78, 5) is 0. The normalized spacial score (nSPS) is 37.6. The van der Waals surface area contributed by atoms with Crippen LogP contribution in [0.3, 0.4) is 0 Å². The Hall–Kier alpha value is 0.628. The molecule has 2 saturated heterocycles. The van der Waals surface area contributed by atoms with E-state index in [1.165, 1.54) is 0 Å². The zero-order chi connectivity index (χ0) is 13.7. The number of epoxide rings is 1. The molecule has 0 aliphatic carbocycles. The number of ether oxygens (including phenoxy) is 2. The van der Waals surface area contributed by atoms with E-state index in [9.17, 15) is 0 Å². The standard InChI is InChI=1S/C9H24O6Si4.CH3/c1-16-12-17(2)14-19(15-18(3)13-16)6-4-5-10-7-9-8-11-9;/h9,16-19H,4-8H2,1-3H3;1H3/q;-1. The molecule has 2 fully saturated rings. The van der Waals surface area contributed by atoms with Crippen molar-refractivity contribution in [2.24, 2.45) is 0 Å². The second kappa shape index (κ2) is 9.61. The van der Waals surface area contributed by atoms with Gasteiger partial charge in [0, 0.05) is 6.61 Å². The predicted octanol–water partition coefficient (Wildman–Crippen LogP) is 0.0936. The predicted molar refractivity (Wildman–Crippen MR) is 86.9 cm³/mol. The van der Waals surface area contributed by atoms with Crippen molar-refractivity contribution < 1.29 is 25.9 Å². The number of hydrogen-bond donors (Lipinski definition) is 0. The van der Waals surface area contributed by atoms with Gasteiger partial charge >= 0.3 is 9.28 Å². The van der Waals surface area contributed by atoms with Crippen LogP contribution in [0.1, 0.15) is 6.42 Å². The highest BCUT2D eigenvalue weighted by molar-refractivity contribution is 6.72. The van der Waals surface area contributed by atoms with Crippen molar-refractivity contribution in [2.75, 3.05) is 19.8 Å². The fraction of sp³-hybridized carbons (Fsp3) is 0.900. The van der Waals surface area contributed by atoms with E-state index in [0.29, 0.717) is 6.10 Å². The van der Waals surface area contributed by atoms with Crippen LogP contribution < -0.4 is 0 Å². The fourth-order valence-electron chi connectivity index (χ4n) is 1.96. The van der Waals surface area contributed by atoms with Crippen LogP contribution in [-0.4, -0.2) is 63.1 Å². The monoisotopic (exact) mass is 355 g/mol. The summed E-state index contributed by atoms with van der Waals surface area (Å²) in [5.74, 6) is 0. The fourth-order valence-corrected chi connectivity index (χ4v) is 14.6. The molecule has 0 aromatic heterocycles. The van der Waals surface area contributed by atoms with Crippen molar-refractivity contribution in [3.05, 3.63) is 7.43 Å². The zero-order valence-corrected chi connectivity index (χ0v) is 17.5. The first kappa shape index (κ1) is 18.7. The Kier molecular flexibility index (Phi) is 8.97. The summed E-state index contributed by atoms with van der Waals surface area (Å²) < 4.78 is 34.3. The van der Waals surface area contributed by atoms with Gasteiger partial charge in [-0.3, -0.25) is 0 Å². The first-order valence-corrected chi connectivity index (χ1v) is 15.0. The molecule has 3 atom stereocenters. The molecule has 3 unspecified atom stereocenters. The van der Waals surface area contributed by atoms with Crippen LogP contribution >= 0.6 is 0 Å². The summed E-state index contributed by atoms with van der Waals surface area (Å²) in [7, 11) is -6.19. The van der Waals surface area contributed by atoms with E-state index in [0.717, 1.165) is 32.3 Å². The molecule has 120 valence electrons. The molecule has 0 amide bonds. The summed E-state index contributed by atoms with van der Waals surface area (Å²) >= 11 is 0. The smallest absolute Gasteiger partial charge is 0.303 e. The third kappa shape index (κ3) is 7.58. The van der Waals surface area contributed by atoms with E-state index in [4.69, 9.17) is 25.9 Å². The van der Waals surface area contributed by atoms with Crippen LogP contribution in [0.4, 0.5) is 0 Å². The highest BCUT2D eigenvalue weighted by Crippen LogP contribution is 2.12. The average molecular weight is 356 g/mol. The van der Waals surface area contributed by atoms with Gasteiger partial charge in [-0.05, 0) is 32.1 Å². The van der Waals surface area contributed by atoms with E-state index in [2.05, 4.69) is 19.6 Å². The summed E-state index contributed by atoms with van der Waals surface area (Å²) in [6.07, 6.45) is 1.33. The van der Waals surface area contributed by atoms with E-state index >= 15 is 0 Å². The van der Waals surface area contributed by atoms with Gasteiger partial charge in [-0.15, -0.1) is 0 Å². The highest BCUT2D eigenvalue weighted by atomic mass is 28.5. The lowest BCUT2D eigenvalue weighted by atomic mass is 10.5. The Morgan fingerprint density at radius 3 is 2.10 bits per heavy atom. The first-order chi connectivity index (χ1) is 9.13. The summed E-state index contributed by atoms with van der Waals surface area (Å²) in [5, 5.41) is 0. The molecule has 2 rings (SSSR count). The molecular formula is C10H27O6Si4-. The van der Waals surface area contributed by atoms with Crippen LogP contribution in [0, 0.1) is 7.43 Å². The molecule has 0 radical (unpaired) electrons. The van der Waals surface area contributed by atoms with E-state index in [1.54, 1.807) is 0 Å². The molecule has 2 aliphatic heterocycles. The SMILES string of the molecule is C[SiH]1O[SiH](C)O[SiH](CCCOCC2CO2)O[SiH](C)O1.[CH3-]. The van der Waals surface area contributed by atoms with E-state index in [1.807, 2.05) is 0 Å². The zero-order valence-electron chi connectivity index (χ0n) is 12.9. The molecule has 6 nitrogen and oxygen atoms in total. The third-order valence-electron chi connectivity index (χ3n) is 2.89. The molecule has 0 N–H and O–H groups in total. The van der Waals surface area contributed by atoms with Crippen LogP contribution in [0.15, 0.2) is 0 Å².